The molecule has 0 bridgehead atoms. The average Bonchev–Trinajstić information content (AvgIpc) is 2.61. The Morgan fingerprint density at radius 1 is 0.963 bits per heavy atom. The second kappa shape index (κ2) is 8.67. The first kappa shape index (κ1) is 21.1. The van der Waals surface area contributed by atoms with E-state index in [0.717, 1.165) is 18.4 Å². The third kappa shape index (κ3) is 5.91. The zero-order valence-corrected chi connectivity index (χ0v) is 17.2. The van der Waals surface area contributed by atoms with Crippen LogP contribution in [0.3, 0.4) is 0 Å². The van der Waals surface area contributed by atoms with Crippen molar-refractivity contribution in [2.45, 2.75) is 50.8 Å². The van der Waals surface area contributed by atoms with Gasteiger partial charge in [-0.3, -0.25) is 4.79 Å². The Morgan fingerprint density at radius 3 is 2.07 bits per heavy atom. The summed E-state index contributed by atoms with van der Waals surface area (Å²) >= 11 is 0. The Morgan fingerprint density at radius 2 is 1.56 bits per heavy atom. The maximum Gasteiger partial charge on any atom is 0.255 e. The largest absolute Gasteiger partial charge is 0.322 e. The van der Waals surface area contributed by atoms with Gasteiger partial charge in [0, 0.05) is 17.8 Å². The molecule has 6 heteroatoms. The second-order valence-electron chi connectivity index (χ2n) is 7.56. The maximum atomic E-state index is 12.4. The number of amides is 1. The first-order valence-electron chi connectivity index (χ1n) is 9.15. The molecule has 146 valence electrons. The van der Waals surface area contributed by atoms with Crippen LogP contribution in [0.25, 0.3) is 0 Å². The van der Waals surface area contributed by atoms with Gasteiger partial charge >= 0.3 is 0 Å². The Bertz CT molecular complexity index is 865. The van der Waals surface area contributed by atoms with Gasteiger partial charge in [-0.05, 0) is 53.8 Å². The molecule has 0 radical (unpaired) electrons. The highest BCUT2D eigenvalue weighted by Crippen LogP contribution is 2.22. The van der Waals surface area contributed by atoms with E-state index in [1.165, 1.54) is 12.1 Å². The van der Waals surface area contributed by atoms with Gasteiger partial charge in [-0.2, -0.15) is 0 Å². The number of nitrogens with one attached hydrogen (secondary N) is 2. The van der Waals surface area contributed by atoms with E-state index >= 15 is 0 Å². The SMILES string of the molecule is CCCCNS(=O)(=O)c1ccc(NC(=O)c2ccc(C(C)(C)C)cc2)cc1. The molecule has 2 aromatic rings. The highest BCUT2D eigenvalue weighted by molar-refractivity contribution is 7.89. The third-order valence-electron chi connectivity index (χ3n) is 4.26. The lowest BCUT2D eigenvalue weighted by Gasteiger charge is -2.19. The molecule has 5 nitrogen and oxygen atoms in total. The van der Waals surface area contributed by atoms with Crippen molar-refractivity contribution in [3.8, 4) is 0 Å². The number of sulfonamides is 1. The van der Waals surface area contributed by atoms with Gasteiger partial charge in [0.2, 0.25) is 10.0 Å². The molecule has 0 aromatic heterocycles. The van der Waals surface area contributed by atoms with Gasteiger partial charge in [0.1, 0.15) is 0 Å². The summed E-state index contributed by atoms with van der Waals surface area (Å²) < 4.78 is 26.9. The standard InChI is InChI=1S/C21H28N2O3S/c1-5-6-15-22-27(25,26)19-13-11-18(12-14-19)23-20(24)16-7-9-17(10-8-16)21(2,3)4/h7-14,22H,5-6,15H2,1-4H3,(H,23,24). The van der Waals surface area contributed by atoms with E-state index < -0.39 is 10.0 Å². The summed E-state index contributed by atoms with van der Waals surface area (Å²) in [7, 11) is -3.51. The normalized spacial score (nSPS) is 12.0. The molecule has 2 N–H and O–H groups in total. The molecule has 2 rings (SSSR count). The molecule has 0 aliphatic carbocycles. The fourth-order valence-electron chi connectivity index (χ4n) is 2.51. The van der Waals surface area contributed by atoms with Crippen molar-refractivity contribution >= 4 is 21.6 Å². The van der Waals surface area contributed by atoms with Gasteiger partial charge in [-0.15, -0.1) is 0 Å². The maximum absolute atomic E-state index is 12.4. The van der Waals surface area contributed by atoms with Crippen molar-refractivity contribution in [3.05, 3.63) is 59.7 Å². The predicted molar refractivity (Wildman–Crippen MR) is 110 cm³/mol. The number of carbonyl (C=O) groups excluding carboxylic acids is 1. The fraction of sp³-hybridized carbons (Fsp3) is 0.381. The molecule has 0 aliphatic rings. The molecule has 0 fully saturated rings. The zero-order chi connectivity index (χ0) is 20.1. The molecular weight excluding hydrogens is 360 g/mol. The number of unbranched alkanes of at least 4 members (excludes halogenated alkanes) is 1. The van der Waals surface area contributed by atoms with Crippen LogP contribution in [-0.4, -0.2) is 20.9 Å². The average molecular weight is 389 g/mol. The smallest absolute Gasteiger partial charge is 0.255 e. The molecule has 0 spiro atoms. The molecule has 1 amide bonds. The topological polar surface area (TPSA) is 75.3 Å². The summed E-state index contributed by atoms with van der Waals surface area (Å²) in [5, 5.41) is 2.79. The number of anilines is 1. The van der Waals surface area contributed by atoms with Crippen LogP contribution in [0.15, 0.2) is 53.4 Å². The number of benzene rings is 2. The summed E-state index contributed by atoms with van der Waals surface area (Å²) in [5.41, 5.74) is 2.29. The quantitative estimate of drug-likeness (QED) is 0.694. The highest BCUT2D eigenvalue weighted by atomic mass is 32.2. The van der Waals surface area contributed by atoms with Crippen LogP contribution < -0.4 is 10.0 Å². The third-order valence-corrected chi connectivity index (χ3v) is 5.73. The molecule has 0 saturated heterocycles. The Hall–Kier alpha value is -2.18. The number of hydrogen-bond acceptors (Lipinski definition) is 3. The first-order chi connectivity index (χ1) is 12.6. The molecule has 2 aromatic carbocycles. The molecule has 0 atom stereocenters. The van der Waals surface area contributed by atoms with Gasteiger partial charge < -0.3 is 5.32 Å². The van der Waals surface area contributed by atoms with Crippen LogP contribution in [0, 0.1) is 0 Å². The van der Waals surface area contributed by atoms with Gasteiger partial charge in [-0.1, -0.05) is 46.2 Å². The van der Waals surface area contributed by atoms with Crippen LogP contribution in [0.1, 0.15) is 56.5 Å². The van der Waals surface area contributed by atoms with E-state index in [1.54, 1.807) is 24.3 Å². The van der Waals surface area contributed by atoms with Gasteiger partial charge in [0.25, 0.3) is 5.91 Å². The van der Waals surface area contributed by atoms with Crippen molar-refractivity contribution in [1.82, 2.24) is 4.72 Å². The molecule has 0 heterocycles. The van der Waals surface area contributed by atoms with E-state index in [4.69, 9.17) is 0 Å². The van der Waals surface area contributed by atoms with Gasteiger partial charge in [0.05, 0.1) is 4.90 Å². The number of hydrogen-bond donors (Lipinski definition) is 2. The summed E-state index contributed by atoms with van der Waals surface area (Å²) in [5.74, 6) is -0.230. The van der Waals surface area contributed by atoms with Gasteiger partial charge in [0.15, 0.2) is 0 Å². The van der Waals surface area contributed by atoms with Crippen LogP contribution >= 0.6 is 0 Å². The molecule has 0 unspecified atom stereocenters. The summed E-state index contributed by atoms with van der Waals surface area (Å²) in [6, 6.07) is 13.7. The first-order valence-corrected chi connectivity index (χ1v) is 10.6. The fourth-order valence-corrected chi connectivity index (χ4v) is 3.58. The predicted octanol–water partition coefficient (Wildman–Crippen LogP) is 4.31. The lowest BCUT2D eigenvalue weighted by molar-refractivity contribution is 0.102. The number of rotatable bonds is 7. The highest BCUT2D eigenvalue weighted by Gasteiger charge is 2.15. The Kier molecular flexibility index (Phi) is 6.78. The monoisotopic (exact) mass is 388 g/mol. The number of carbonyl (C=O) groups is 1. The van der Waals surface area contributed by atoms with Crippen molar-refractivity contribution < 1.29 is 13.2 Å². The van der Waals surface area contributed by atoms with Crippen molar-refractivity contribution in [3.63, 3.8) is 0 Å². The summed E-state index contributed by atoms with van der Waals surface area (Å²) in [4.78, 5) is 12.6. The molecular formula is C21H28N2O3S. The van der Waals surface area contributed by atoms with Crippen molar-refractivity contribution in [2.75, 3.05) is 11.9 Å². The minimum Gasteiger partial charge on any atom is -0.322 e. The lowest BCUT2D eigenvalue weighted by atomic mass is 9.87. The van der Waals surface area contributed by atoms with E-state index in [0.29, 0.717) is 17.8 Å². The minimum atomic E-state index is -3.51. The second-order valence-corrected chi connectivity index (χ2v) is 9.32. The van der Waals surface area contributed by atoms with E-state index in [2.05, 4.69) is 30.8 Å². The van der Waals surface area contributed by atoms with Crippen LogP contribution in [0.2, 0.25) is 0 Å². The van der Waals surface area contributed by atoms with Crippen molar-refractivity contribution in [2.24, 2.45) is 0 Å². The summed E-state index contributed by atoms with van der Waals surface area (Å²) in [6.45, 7) is 8.78. The Balaban J connectivity index is 2.04. The van der Waals surface area contributed by atoms with Crippen LogP contribution in [0.5, 0.6) is 0 Å². The molecule has 0 saturated carbocycles. The summed E-state index contributed by atoms with van der Waals surface area (Å²) in [6.07, 6.45) is 1.71. The molecule has 27 heavy (non-hydrogen) atoms. The minimum absolute atomic E-state index is 0.0293. The van der Waals surface area contributed by atoms with E-state index in [-0.39, 0.29) is 16.2 Å². The van der Waals surface area contributed by atoms with Crippen molar-refractivity contribution in [1.29, 1.82) is 0 Å². The molecule has 0 aliphatic heterocycles. The van der Waals surface area contributed by atoms with Crippen LogP contribution in [-0.2, 0) is 15.4 Å². The van der Waals surface area contributed by atoms with Gasteiger partial charge in [-0.25, -0.2) is 13.1 Å². The van der Waals surface area contributed by atoms with E-state index in [1.807, 2.05) is 19.1 Å². The Labute approximate surface area is 162 Å². The zero-order valence-electron chi connectivity index (χ0n) is 16.4. The lowest BCUT2D eigenvalue weighted by Crippen LogP contribution is -2.24. The van der Waals surface area contributed by atoms with Crippen LogP contribution in [0.4, 0.5) is 5.69 Å². The van der Waals surface area contributed by atoms with E-state index in [9.17, 15) is 13.2 Å².